The molecule has 1 aliphatic heterocycles. The SMILES string of the molecule is CCOC(=O)C[C@@H](C)NCCNCCCc1ccc2c(n1)NCCC2. The Balaban J connectivity index is 1.51. The molecule has 0 fully saturated rings. The first kappa shape index (κ1) is 19.7. The van der Waals surface area contributed by atoms with Crippen molar-refractivity contribution in [3.63, 3.8) is 0 Å². The number of pyridine rings is 1. The lowest BCUT2D eigenvalue weighted by Crippen LogP contribution is -2.35. The molecule has 2 heterocycles. The summed E-state index contributed by atoms with van der Waals surface area (Å²) in [5, 5.41) is 10.1. The summed E-state index contributed by atoms with van der Waals surface area (Å²) in [6, 6.07) is 4.52. The van der Waals surface area contributed by atoms with Crippen LogP contribution in [0.1, 0.15) is 44.4 Å². The maximum absolute atomic E-state index is 11.4. The molecular formula is C19H32N4O2. The Morgan fingerprint density at radius 3 is 3.08 bits per heavy atom. The predicted octanol–water partition coefficient (Wildman–Crippen LogP) is 1.89. The van der Waals surface area contributed by atoms with Gasteiger partial charge < -0.3 is 20.7 Å². The molecule has 3 N–H and O–H groups in total. The Hall–Kier alpha value is -1.66. The second kappa shape index (κ2) is 11.1. The van der Waals surface area contributed by atoms with Crippen LogP contribution in [0.15, 0.2) is 12.1 Å². The fraction of sp³-hybridized carbons (Fsp3) is 0.684. The molecule has 0 saturated carbocycles. The molecule has 1 aromatic rings. The van der Waals surface area contributed by atoms with Gasteiger partial charge in [0.1, 0.15) is 5.82 Å². The third-order valence-electron chi connectivity index (χ3n) is 4.31. The fourth-order valence-electron chi connectivity index (χ4n) is 2.98. The van der Waals surface area contributed by atoms with E-state index in [1.807, 2.05) is 13.8 Å². The van der Waals surface area contributed by atoms with Crippen molar-refractivity contribution in [1.82, 2.24) is 15.6 Å². The number of fused-ring (bicyclic) bond motifs is 1. The third kappa shape index (κ3) is 7.40. The number of aryl methyl sites for hydroxylation is 2. The molecule has 0 unspecified atom stereocenters. The molecule has 6 heteroatoms. The van der Waals surface area contributed by atoms with Gasteiger partial charge in [0.15, 0.2) is 0 Å². The standard InChI is InChI=1S/C19H32N4O2/c1-3-25-18(24)14-15(2)21-13-12-20-10-5-7-17-9-8-16-6-4-11-22-19(16)23-17/h8-9,15,20-21H,3-7,10-14H2,1-2H3,(H,22,23)/t15-/m1/s1. The molecule has 0 spiro atoms. The van der Waals surface area contributed by atoms with E-state index in [0.717, 1.165) is 57.0 Å². The van der Waals surface area contributed by atoms with Gasteiger partial charge in [-0.25, -0.2) is 4.98 Å². The molecule has 2 rings (SSSR count). The molecule has 6 nitrogen and oxygen atoms in total. The molecule has 0 radical (unpaired) electrons. The van der Waals surface area contributed by atoms with Crippen LogP contribution in [0.25, 0.3) is 0 Å². The number of rotatable bonds is 11. The van der Waals surface area contributed by atoms with Crippen molar-refractivity contribution >= 4 is 11.8 Å². The van der Waals surface area contributed by atoms with Crippen LogP contribution in [0.3, 0.4) is 0 Å². The Kier molecular flexibility index (Phi) is 8.69. The summed E-state index contributed by atoms with van der Waals surface area (Å²) in [5.41, 5.74) is 2.51. The summed E-state index contributed by atoms with van der Waals surface area (Å²) in [4.78, 5) is 16.1. The lowest BCUT2D eigenvalue weighted by atomic mass is 10.1. The minimum Gasteiger partial charge on any atom is -0.466 e. The molecule has 0 aromatic carbocycles. The quantitative estimate of drug-likeness (QED) is 0.419. The highest BCUT2D eigenvalue weighted by atomic mass is 16.5. The molecule has 0 amide bonds. The monoisotopic (exact) mass is 348 g/mol. The maximum Gasteiger partial charge on any atom is 0.307 e. The van der Waals surface area contributed by atoms with E-state index >= 15 is 0 Å². The van der Waals surface area contributed by atoms with E-state index in [1.165, 1.54) is 12.0 Å². The van der Waals surface area contributed by atoms with Crippen LogP contribution < -0.4 is 16.0 Å². The average molecular weight is 348 g/mol. The number of carbonyl (C=O) groups excluding carboxylic acids is 1. The topological polar surface area (TPSA) is 75.3 Å². The van der Waals surface area contributed by atoms with E-state index in [0.29, 0.717) is 13.0 Å². The zero-order chi connectivity index (χ0) is 17.9. The molecular weight excluding hydrogens is 316 g/mol. The summed E-state index contributed by atoms with van der Waals surface area (Å²) in [7, 11) is 0. The van der Waals surface area contributed by atoms with Gasteiger partial charge >= 0.3 is 5.97 Å². The molecule has 1 aromatic heterocycles. The van der Waals surface area contributed by atoms with E-state index in [9.17, 15) is 4.79 Å². The van der Waals surface area contributed by atoms with Gasteiger partial charge in [0, 0.05) is 31.4 Å². The van der Waals surface area contributed by atoms with Crippen molar-refractivity contribution in [2.45, 2.75) is 52.0 Å². The number of esters is 1. The van der Waals surface area contributed by atoms with Crippen LogP contribution in [0, 0.1) is 0 Å². The van der Waals surface area contributed by atoms with Crippen LogP contribution in [0.4, 0.5) is 5.82 Å². The Morgan fingerprint density at radius 2 is 2.24 bits per heavy atom. The van der Waals surface area contributed by atoms with Gasteiger partial charge in [0.25, 0.3) is 0 Å². The second-order valence-corrected chi connectivity index (χ2v) is 6.56. The first-order valence-corrected chi connectivity index (χ1v) is 9.51. The minimum atomic E-state index is -0.137. The molecule has 25 heavy (non-hydrogen) atoms. The van der Waals surface area contributed by atoms with Crippen molar-refractivity contribution in [3.05, 3.63) is 23.4 Å². The Bertz CT molecular complexity index is 536. The molecule has 0 saturated heterocycles. The smallest absolute Gasteiger partial charge is 0.307 e. The second-order valence-electron chi connectivity index (χ2n) is 6.56. The zero-order valence-corrected chi connectivity index (χ0v) is 15.6. The predicted molar refractivity (Wildman–Crippen MR) is 101 cm³/mol. The average Bonchev–Trinajstić information content (AvgIpc) is 2.61. The van der Waals surface area contributed by atoms with Gasteiger partial charge in [-0.1, -0.05) is 6.07 Å². The largest absolute Gasteiger partial charge is 0.466 e. The summed E-state index contributed by atoms with van der Waals surface area (Å²) in [6.45, 7) is 8.03. The summed E-state index contributed by atoms with van der Waals surface area (Å²) >= 11 is 0. The summed E-state index contributed by atoms with van der Waals surface area (Å²) in [6.07, 6.45) is 4.83. The van der Waals surface area contributed by atoms with Gasteiger partial charge in [0.05, 0.1) is 13.0 Å². The number of hydrogen-bond acceptors (Lipinski definition) is 6. The van der Waals surface area contributed by atoms with Crippen LogP contribution in [-0.2, 0) is 22.4 Å². The Morgan fingerprint density at radius 1 is 1.36 bits per heavy atom. The molecule has 0 bridgehead atoms. The third-order valence-corrected chi connectivity index (χ3v) is 4.31. The minimum absolute atomic E-state index is 0.137. The maximum atomic E-state index is 11.4. The number of hydrogen-bond donors (Lipinski definition) is 3. The highest BCUT2D eigenvalue weighted by Crippen LogP contribution is 2.19. The lowest BCUT2D eigenvalue weighted by molar-refractivity contribution is -0.143. The number of nitrogens with zero attached hydrogens (tertiary/aromatic N) is 1. The van der Waals surface area contributed by atoms with Gasteiger partial charge in [-0.15, -0.1) is 0 Å². The number of anilines is 1. The Labute approximate surface area is 151 Å². The fourth-order valence-corrected chi connectivity index (χ4v) is 2.98. The highest BCUT2D eigenvalue weighted by molar-refractivity contribution is 5.69. The van der Waals surface area contributed by atoms with Gasteiger partial charge in [-0.05, 0) is 57.7 Å². The molecule has 140 valence electrons. The lowest BCUT2D eigenvalue weighted by Gasteiger charge is -2.17. The molecule has 1 atom stereocenters. The van der Waals surface area contributed by atoms with Crippen molar-refractivity contribution in [2.75, 3.05) is 38.1 Å². The van der Waals surface area contributed by atoms with E-state index < -0.39 is 0 Å². The van der Waals surface area contributed by atoms with Gasteiger partial charge in [0.2, 0.25) is 0 Å². The first-order chi connectivity index (χ1) is 12.2. The molecule has 1 aliphatic rings. The summed E-state index contributed by atoms with van der Waals surface area (Å²) < 4.78 is 4.94. The normalized spacial score (nSPS) is 14.5. The number of ether oxygens (including phenoxy) is 1. The van der Waals surface area contributed by atoms with Crippen LogP contribution >= 0.6 is 0 Å². The van der Waals surface area contributed by atoms with E-state index in [4.69, 9.17) is 9.72 Å². The number of carbonyl (C=O) groups is 1. The van der Waals surface area contributed by atoms with Crippen LogP contribution in [0.2, 0.25) is 0 Å². The summed E-state index contributed by atoms with van der Waals surface area (Å²) in [5.74, 6) is 0.944. The number of nitrogens with one attached hydrogen (secondary N) is 3. The highest BCUT2D eigenvalue weighted by Gasteiger charge is 2.10. The first-order valence-electron chi connectivity index (χ1n) is 9.51. The van der Waals surface area contributed by atoms with Crippen molar-refractivity contribution in [2.24, 2.45) is 0 Å². The van der Waals surface area contributed by atoms with Crippen LogP contribution in [-0.4, -0.2) is 49.8 Å². The molecule has 0 aliphatic carbocycles. The van der Waals surface area contributed by atoms with Crippen molar-refractivity contribution in [1.29, 1.82) is 0 Å². The van der Waals surface area contributed by atoms with Gasteiger partial charge in [-0.3, -0.25) is 4.79 Å². The number of aromatic nitrogens is 1. The van der Waals surface area contributed by atoms with Crippen molar-refractivity contribution in [3.8, 4) is 0 Å². The van der Waals surface area contributed by atoms with E-state index in [1.54, 1.807) is 0 Å². The zero-order valence-electron chi connectivity index (χ0n) is 15.6. The van der Waals surface area contributed by atoms with E-state index in [2.05, 4.69) is 28.1 Å². The van der Waals surface area contributed by atoms with Crippen molar-refractivity contribution < 1.29 is 9.53 Å². The van der Waals surface area contributed by atoms with Crippen LogP contribution in [0.5, 0.6) is 0 Å². The van der Waals surface area contributed by atoms with Gasteiger partial charge in [-0.2, -0.15) is 0 Å². The van der Waals surface area contributed by atoms with E-state index in [-0.39, 0.29) is 12.0 Å².